The van der Waals surface area contributed by atoms with E-state index in [1.54, 1.807) is 32.4 Å². The molecule has 1 N–H and O–H groups in total. The number of rotatable bonds is 7. The summed E-state index contributed by atoms with van der Waals surface area (Å²) >= 11 is 0. The van der Waals surface area contributed by atoms with Crippen LogP contribution in [0.25, 0.3) is 0 Å². The van der Waals surface area contributed by atoms with E-state index in [0.717, 1.165) is 26.3 Å². The summed E-state index contributed by atoms with van der Waals surface area (Å²) in [6.07, 6.45) is 0. The molecule has 1 aliphatic heterocycles. The highest BCUT2D eigenvalue weighted by Crippen LogP contribution is 2.30. The molecule has 134 valence electrons. The molecule has 0 radical (unpaired) electrons. The molecule has 2 rings (SSSR count). The number of carbonyl (C=O) groups is 1. The van der Waals surface area contributed by atoms with Gasteiger partial charge in [-0.2, -0.15) is 0 Å². The van der Waals surface area contributed by atoms with Crippen LogP contribution in [0, 0.1) is 5.92 Å². The third kappa shape index (κ3) is 4.39. The number of methoxy groups -OCH3 is 2. The zero-order chi connectivity index (χ0) is 17.5. The lowest BCUT2D eigenvalue weighted by Crippen LogP contribution is -2.51. The van der Waals surface area contributed by atoms with E-state index in [9.17, 15) is 4.79 Å². The Balaban J connectivity index is 2.05. The number of ether oxygens (including phenoxy) is 3. The number of benzene rings is 1. The van der Waals surface area contributed by atoms with Gasteiger partial charge in [-0.3, -0.25) is 9.69 Å². The van der Waals surface area contributed by atoms with Crippen LogP contribution in [0.2, 0.25) is 0 Å². The Hall–Kier alpha value is -1.79. The molecule has 1 aromatic rings. The van der Waals surface area contributed by atoms with Gasteiger partial charge in [0, 0.05) is 25.7 Å². The summed E-state index contributed by atoms with van der Waals surface area (Å²) in [7, 11) is 3.10. The van der Waals surface area contributed by atoms with E-state index in [2.05, 4.69) is 24.1 Å². The van der Waals surface area contributed by atoms with Crippen molar-refractivity contribution in [2.45, 2.75) is 19.9 Å². The normalized spacial score (nSPS) is 16.7. The molecule has 1 aliphatic rings. The van der Waals surface area contributed by atoms with Gasteiger partial charge < -0.3 is 19.5 Å². The third-order valence-corrected chi connectivity index (χ3v) is 4.40. The van der Waals surface area contributed by atoms with Crippen LogP contribution in [-0.2, 0) is 4.74 Å². The molecule has 1 amide bonds. The monoisotopic (exact) mass is 336 g/mol. The van der Waals surface area contributed by atoms with E-state index in [-0.39, 0.29) is 11.9 Å². The van der Waals surface area contributed by atoms with E-state index in [0.29, 0.717) is 29.5 Å². The lowest BCUT2D eigenvalue weighted by atomic mass is 10.0. The van der Waals surface area contributed by atoms with Crippen LogP contribution in [0.4, 0.5) is 0 Å². The van der Waals surface area contributed by atoms with E-state index in [1.165, 1.54) is 0 Å². The van der Waals surface area contributed by atoms with Crippen molar-refractivity contribution >= 4 is 5.91 Å². The van der Waals surface area contributed by atoms with Gasteiger partial charge in [0.05, 0.1) is 33.0 Å². The van der Waals surface area contributed by atoms with Gasteiger partial charge in [-0.1, -0.05) is 19.9 Å². The van der Waals surface area contributed by atoms with Crippen molar-refractivity contribution in [1.82, 2.24) is 10.2 Å². The maximum Gasteiger partial charge on any atom is 0.255 e. The lowest BCUT2D eigenvalue weighted by molar-refractivity contribution is 0.00672. The molecule has 0 bridgehead atoms. The lowest BCUT2D eigenvalue weighted by Gasteiger charge is -2.37. The maximum absolute atomic E-state index is 12.6. The molecule has 6 heteroatoms. The average Bonchev–Trinajstić information content (AvgIpc) is 2.61. The largest absolute Gasteiger partial charge is 0.493 e. The zero-order valence-electron chi connectivity index (χ0n) is 15.0. The summed E-state index contributed by atoms with van der Waals surface area (Å²) < 4.78 is 16.0. The zero-order valence-corrected chi connectivity index (χ0v) is 15.0. The number of nitrogens with one attached hydrogen (secondary N) is 1. The number of para-hydroxylation sites is 1. The Bertz CT molecular complexity index is 542. The fourth-order valence-corrected chi connectivity index (χ4v) is 3.05. The SMILES string of the molecule is COc1cccc(C(=O)NCC(C(C)C)N2CCOCC2)c1OC. The van der Waals surface area contributed by atoms with Crippen molar-refractivity contribution < 1.29 is 19.0 Å². The second-order valence-corrected chi connectivity index (χ2v) is 6.21. The first kappa shape index (κ1) is 18.5. The molecule has 0 saturated carbocycles. The minimum Gasteiger partial charge on any atom is -0.493 e. The first-order valence-electron chi connectivity index (χ1n) is 8.39. The molecule has 1 atom stereocenters. The van der Waals surface area contributed by atoms with E-state index >= 15 is 0 Å². The summed E-state index contributed by atoms with van der Waals surface area (Å²) in [5.74, 6) is 1.31. The first-order chi connectivity index (χ1) is 11.6. The van der Waals surface area contributed by atoms with Gasteiger partial charge in [-0.15, -0.1) is 0 Å². The number of amides is 1. The molecule has 1 saturated heterocycles. The fraction of sp³-hybridized carbons (Fsp3) is 0.611. The molecular weight excluding hydrogens is 308 g/mol. The van der Waals surface area contributed by atoms with Crippen molar-refractivity contribution in [3.05, 3.63) is 23.8 Å². The number of hydrogen-bond acceptors (Lipinski definition) is 5. The first-order valence-corrected chi connectivity index (χ1v) is 8.39. The molecule has 0 aromatic heterocycles. The Morgan fingerprint density at radius 3 is 2.54 bits per heavy atom. The third-order valence-electron chi connectivity index (χ3n) is 4.40. The van der Waals surface area contributed by atoms with Crippen LogP contribution in [0.1, 0.15) is 24.2 Å². The highest BCUT2D eigenvalue weighted by molar-refractivity contribution is 5.97. The van der Waals surface area contributed by atoms with Crippen LogP contribution in [0.3, 0.4) is 0 Å². The number of carbonyl (C=O) groups excluding carboxylic acids is 1. The van der Waals surface area contributed by atoms with Gasteiger partial charge in [-0.05, 0) is 18.1 Å². The summed E-state index contributed by atoms with van der Waals surface area (Å²) in [5, 5.41) is 3.05. The molecule has 0 spiro atoms. The Labute approximate surface area is 144 Å². The van der Waals surface area contributed by atoms with Gasteiger partial charge >= 0.3 is 0 Å². The molecule has 1 aromatic carbocycles. The molecule has 6 nitrogen and oxygen atoms in total. The topological polar surface area (TPSA) is 60.0 Å². The molecule has 24 heavy (non-hydrogen) atoms. The molecule has 1 unspecified atom stereocenters. The van der Waals surface area contributed by atoms with Crippen molar-refractivity contribution in [2.75, 3.05) is 47.1 Å². The van der Waals surface area contributed by atoms with Gasteiger partial charge in [0.1, 0.15) is 0 Å². The standard InChI is InChI=1S/C18H28N2O4/c1-13(2)15(20-8-10-24-11-9-20)12-19-18(21)14-6-5-7-16(22-3)17(14)23-4/h5-7,13,15H,8-12H2,1-4H3,(H,19,21). The molecular formula is C18H28N2O4. The second kappa shape index (κ2) is 8.89. The summed E-state index contributed by atoms with van der Waals surface area (Å²) in [6, 6.07) is 5.60. The Kier molecular flexibility index (Phi) is 6.87. The maximum atomic E-state index is 12.6. The highest BCUT2D eigenvalue weighted by Gasteiger charge is 2.25. The Morgan fingerprint density at radius 2 is 1.96 bits per heavy atom. The van der Waals surface area contributed by atoms with Crippen LogP contribution in [0.5, 0.6) is 11.5 Å². The van der Waals surface area contributed by atoms with Crippen molar-refractivity contribution in [1.29, 1.82) is 0 Å². The summed E-state index contributed by atoms with van der Waals surface area (Å²) in [6.45, 7) is 8.26. The number of hydrogen-bond donors (Lipinski definition) is 1. The van der Waals surface area contributed by atoms with E-state index in [4.69, 9.17) is 14.2 Å². The molecule has 1 fully saturated rings. The quantitative estimate of drug-likeness (QED) is 0.823. The van der Waals surface area contributed by atoms with Crippen LogP contribution in [-0.4, -0.2) is 63.9 Å². The van der Waals surface area contributed by atoms with Crippen LogP contribution >= 0.6 is 0 Å². The van der Waals surface area contributed by atoms with Gasteiger partial charge in [0.25, 0.3) is 5.91 Å². The van der Waals surface area contributed by atoms with Gasteiger partial charge in [-0.25, -0.2) is 0 Å². The molecule has 0 aliphatic carbocycles. The summed E-state index contributed by atoms with van der Waals surface area (Å²) in [4.78, 5) is 15.0. The van der Waals surface area contributed by atoms with Gasteiger partial charge in [0.2, 0.25) is 0 Å². The predicted molar refractivity (Wildman–Crippen MR) is 92.9 cm³/mol. The Morgan fingerprint density at radius 1 is 1.25 bits per heavy atom. The minimum atomic E-state index is -0.148. The average molecular weight is 336 g/mol. The van der Waals surface area contributed by atoms with Crippen molar-refractivity contribution in [3.8, 4) is 11.5 Å². The fourth-order valence-electron chi connectivity index (χ4n) is 3.05. The highest BCUT2D eigenvalue weighted by atomic mass is 16.5. The predicted octanol–water partition coefficient (Wildman–Crippen LogP) is 1.79. The minimum absolute atomic E-state index is 0.148. The van der Waals surface area contributed by atoms with Crippen LogP contribution < -0.4 is 14.8 Å². The second-order valence-electron chi connectivity index (χ2n) is 6.21. The number of morpholine rings is 1. The van der Waals surface area contributed by atoms with E-state index < -0.39 is 0 Å². The smallest absolute Gasteiger partial charge is 0.255 e. The van der Waals surface area contributed by atoms with Gasteiger partial charge in [0.15, 0.2) is 11.5 Å². The molecule has 1 heterocycles. The van der Waals surface area contributed by atoms with Crippen LogP contribution in [0.15, 0.2) is 18.2 Å². The summed E-state index contributed by atoms with van der Waals surface area (Å²) in [5.41, 5.74) is 0.487. The number of nitrogens with zero attached hydrogens (tertiary/aromatic N) is 1. The van der Waals surface area contributed by atoms with E-state index in [1.807, 2.05) is 0 Å². The van der Waals surface area contributed by atoms with Crippen molar-refractivity contribution in [2.24, 2.45) is 5.92 Å². The van der Waals surface area contributed by atoms with Crippen molar-refractivity contribution in [3.63, 3.8) is 0 Å².